The molecule has 0 saturated heterocycles. The lowest BCUT2D eigenvalue weighted by Gasteiger charge is -2.08. The highest BCUT2D eigenvalue weighted by molar-refractivity contribution is 6.33. The maximum Gasteiger partial charge on any atom is 0.707 e. The zero-order valence-corrected chi connectivity index (χ0v) is 9.13. The van der Waals surface area contributed by atoms with Crippen LogP contribution in [0.2, 0.25) is 0 Å². The molecule has 0 bridgehead atoms. The molecule has 16 heavy (non-hydrogen) atoms. The maximum absolute atomic E-state index is 8.62. The molecular formula is C10H15BO5. The molecule has 0 aliphatic carbocycles. The Labute approximate surface area is 94.7 Å². The highest BCUT2D eigenvalue weighted by Gasteiger charge is 2.11. The molecule has 88 valence electrons. The van der Waals surface area contributed by atoms with E-state index in [1.165, 1.54) is 0 Å². The van der Waals surface area contributed by atoms with E-state index in [1.54, 1.807) is 31.4 Å². The summed E-state index contributed by atoms with van der Waals surface area (Å²) < 4.78 is 15.0. The van der Waals surface area contributed by atoms with Crippen molar-refractivity contribution in [3.05, 3.63) is 24.3 Å². The second kappa shape index (κ2) is 7.11. The topological polar surface area (TPSA) is 68.2 Å². The van der Waals surface area contributed by atoms with Gasteiger partial charge in [-0.25, -0.2) is 0 Å². The highest BCUT2D eigenvalue weighted by Crippen LogP contribution is 2.19. The van der Waals surface area contributed by atoms with Crippen LogP contribution in [0, 0.1) is 0 Å². The van der Waals surface area contributed by atoms with Crippen molar-refractivity contribution in [2.24, 2.45) is 0 Å². The summed E-state index contributed by atoms with van der Waals surface area (Å²) in [5.74, 6) is 0.966. The Morgan fingerprint density at radius 3 is 2.62 bits per heavy atom. The van der Waals surface area contributed by atoms with Crippen molar-refractivity contribution in [1.82, 2.24) is 0 Å². The first-order valence-electron chi connectivity index (χ1n) is 4.97. The summed E-state index contributed by atoms with van der Waals surface area (Å²) in [6.45, 7) is 1.19. The lowest BCUT2D eigenvalue weighted by molar-refractivity contribution is 0.172. The van der Waals surface area contributed by atoms with Crippen molar-refractivity contribution in [2.45, 2.75) is 6.42 Å². The smallest absolute Gasteiger partial charge is 0.512 e. The minimum Gasteiger partial charge on any atom is -0.512 e. The van der Waals surface area contributed by atoms with Gasteiger partial charge in [-0.1, -0.05) is 6.07 Å². The van der Waals surface area contributed by atoms with Crippen LogP contribution in [0.1, 0.15) is 6.42 Å². The molecule has 0 spiro atoms. The van der Waals surface area contributed by atoms with E-state index < -0.39 is 7.32 Å². The normalized spacial score (nSPS) is 9.94. The predicted molar refractivity (Wildman–Crippen MR) is 59.2 cm³/mol. The summed E-state index contributed by atoms with van der Waals surface area (Å²) in [6.07, 6.45) is 0.796. The van der Waals surface area contributed by atoms with Crippen LogP contribution in [0.5, 0.6) is 11.5 Å². The molecule has 2 N–H and O–H groups in total. The zero-order chi connectivity index (χ0) is 11.8. The largest absolute Gasteiger partial charge is 0.707 e. The molecule has 1 rings (SSSR count). The Morgan fingerprint density at radius 1 is 1.19 bits per heavy atom. The summed E-state index contributed by atoms with van der Waals surface area (Å²) in [7, 11) is -0.180. The third-order valence-electron chi connectivity index (χ3n) is 1.81. The van der Waals surface area contributed by atoms with Crippen molar-refractivity contribution in [2.75, 3.05) is 20.3 Å². The molecule has 0 fully saturated rings. The third-order valence-corrected chi connectivity index (χ3v) is 1.81. The molecule has 0 radical (unpaired) electrons. The molecule has 0 aliphatic heterocycles. The molecule has 5 nitrogen and oxygen atoms in total. The summed E-state index contributed by atoms with van der Waals surface area (Å²) in [4.78, 5) is 0. The molecule has 0 amide bonds. The van der Waals surface area contributed by atoms with Crippen molar-refractivity contribution in [3.8, 4) is 11.5 Å². The van der Waals surface area contributed by atoms with Gasteiger partial charge >= 0.3 is 7.32 Å². The van der Waals surface area contributed by atoms with E-state index in [4.69, 9.17) is 19.5 Å². The van der Waals surface area contributed by atoms with Gasteiger partial charge in [-0.15, -0.1) is 0 Å². The average molecular weight is 226 g/mol. The molecule has 0 heterocycles. The standard InChI is InChI=1S/C10H15BO5/c1-14-6-3-7-15-9-4-2-5-10(8-9)16-11(12)13/h2,4-5,8,12-13H,3,6-7H2,1H3. The van der Waals surface area contributed by atoms with Crippen LogP contribution in [-0.4, -0.2) is 37.7 Å². The number of hydrogen-bond acceptors (Lipinski definition) is 5. The van der Waals surface area contributed by atoms with Gasteiger partial charge in [0.2, 0.25) is 0 Å². The maximum atomic E-state index is 8.62. The minimum absolute atomic E-state index is 0.347. The SMILES string of the molecule is COCCCOc1cccc(OB(O)O)c1. The van der Waals surface area contributed by atoms with Gasteiger partial charge in [0, 0.05) is 26.2 Å². The van der Waals surface area contributed by atoms with Gasteiger partial charge in [0.25, 0.3) is 0 Å². The van der Waals surface area contributed by atoms with Gasteiger partial charge in [-0.2, -0.15) is 0 Å². The highest BCUT2D eigenvalue weighted by atomic mass is 16.6. The van der Waals surface area contributed by atoms with Gasteiger partial charge in [-0.05, 0) is 12.1 Å². The number of rotatable bonds is 7. The van der Waals surface area contributed by atoms with Crippen LogP contribution in [0.4, 0.5) is 0 Å². The van der Waals surface area contributed by atoms with Crippen LogP contribution in [0.3, 0.4) is 0 Å². The van der Waals surface area contributed by atoms with Gasteiger partial charge in [0.05, 0.1) is 6.61 Å². The summed E-state index contributed by atoms with van der Waals surface area (Å²) in [5.41, 5.74) is 0. The predicted octanol–water partition coefficient (Wildman–Crippen LogP) is 0.450. The number of benzene rings is 1. The van der Waals surface area contributed by atoms with Crippen molar-refractivity contribution >= 4 is 7.32 Å². The molecule has 1 aromatic rings. The van der Waals surface area contributed by atoms with Crippen molar-refractivity contribution in [1.29, 1.82) is 0 Å². The number of hydrogen-bond donors (Lipinski definition) is 2. The number of methoxy groups -OCH3 is 1. The van der Waals surface area contributed by atoms with E-state index >= 15 is 0 Å². The van der Waals surface area contributed by atoms with Crippen LogP contribution >= 0.6 is 0 Å². The van der Waals surface area contributed by atoms with Crippen molar-refractivity contribution in [3.63, 3.8) is 0 Å². The molecule has 0 atom stereocenters. The summed E-state index contributed by atoms with van der Waals surface area (Å²) >= 11 is 0. The monoisotopic (exact) mass is 226 g/mol. The van der Waals surface area contributed by atoms with Gasteiger partial charge in [-0.3, -0.25) is 0 Å². The molecule has 0 unspecified atom stereocenters. The lowest BCUT2D eigenvalue weighted by atomic mass is 10.2. The average Bonchev–Trinajstić information content (AvgIpc) is 2.24. The fraction of sp³-hybridized carbons (Fsp3) is 0.400. The Hall–Kier alpha value is -1.24. The Bertz CT molecular complexity index is 305. The lowest BCUT2D eigenvalue weighted by Crippen LogP contribution is -2.20. The molecular weight excluding hydrogens is 211 g/mol. The molecule has 6 heteroatoms. The molecule has 0 aromatic heterocycles. The van der Waals surface area contributed by atoms with Crippen LogP contribution < -0.4 is 9.39 Å². The summed E-state index contributed by atoms with van der Waals surface area (Å²) in [6, 6.07) is 6.68. The minimum atomic E-state index is -1.82. The van der Waals surface area contributed by atoms with Gasteiger partial charge < -0.3 is 24.2 Å². The third kappa shape index (κ3) is 5.02. The van der Waals surface area contributed by atoms with E-state index in [1.807, 2.05) is 0 Å². The number of ether oxygens (including phenoxy) is 2. The first-order chi connectivity index (χ1) is 7.72. The second-order valence-corrected chi connectivity index (χ2v) is 3.11. The van der Waals surface area contributed by atoms with E-state index in [0.29, 0.717) is 24.7 Å². The second-order valence-electron chi connectivity index (χ2n) is 3.11. The molecule has 0 saturated carbocycles. The summed E-state index contributed by atoms with van der Waals surface area (Å²) in [5, 5.41) is 17.2. The fourth-order valence-electron chi connectivity index (χ4n) is 1.15. The van der Waals surface area contributed by atoms with E-state index in [-0.39, 0.29) is 0 Å². The van der Waals surface area contributed by atoms with Gasteiger partial charge in [0.15, 0.2) is 0 Å². The van der Waals surface area contributed by atoms with Crippen LogP contribution in [-0.2, 0) is 4.74 Å². The molecule has 1 aromatic carbocycles. The Morgan fingerprint density at radius 2 is 1.94 bits per heavy atom. The van der Waals surface area contributed by atoms with Crippen molar-refractivity contribution < 1.29 is 24.2 Å². The first kappa shape index (κ1) is 12.8. The van der Waals surface area contributed by atoms with E-state index in [9.17, 15) is 0 Å². The van der Waals surface area contributed by atoms with E-state index in [0.717, 1.165) is 6.42 Å². The quantitative estimate of drug-likeness (QED) is 0.521. The van der Waals surface area contributed by atoms with Gasteiger partial charge in [0.1, 0.15) is 11.5 Å². The Balaban J connectivity index is 2.41. The van der Waals surface area contributed by atoms with Crippen LogP contribution in [0.15, 0.2) is 24.3 Å². The Kier molecular flexibility index (Phi) is 5.70. The zero-order valence-electron chi connectivity index (χ0n) is 9.13. The molecule has 0 aliphatic rings. The van der Waals surface area contributed by atoms with E-state index in [2.05, 4.69) is 4.65 Å². The van der Waals surface area contributed by atoms with Crippen LogP contribution in [0.25, 0.3) is 0 Å². The first-order valence-corrected chi connectivity index (χ1v) is 4.97. The fourth-order valence-corrected chi connectivity index (χ4v) is 1.15.